The van der Waals surface area contributed by atoms with Crippen LogP contribution in [0.1, 0.15) is 41.4 Å². The normalized spacial score (nSPS) is 16.8. The van der Waals surface area contributed by atoms with Crippen LogP contribution in [0.4, 0.5) is 10.3 Å². The first-order chi connectivity index (χ1) is 13.6. The molecule has 1 amide bonds. The predicted octanol–water partition coefficient (Wildman–Crippen LogP) is 4.23. The highest BCUT2D eigenvalue weighted by Crippen LogP contribution is 2.36. The number of aromatic nitrogens is 2. The van der Waals surface area contributed by atoms with Crippen LogP contribution in [0.3, 0.4) is 0 Å². The van der Waals surface area contributed by atoms with Crippen LogP contribution in [0.25, 0.3) is 11.1 Å². The van der Waals surface area contributed by atoms with Crippen molar-refractivity contribution in [2.45, 2.75) is 25.3 Å². The average molecular weight is 376 g/mol. The molecule has 6 heteroatoms. The maximum absolute atomic E-state index is 13.8. The van der Waals surface area contributed by atoms with Crippen LogP contribution in [-0.4, -0.2) is 27.3 Å². The lowest BCUT2D eigenvalue weighted by atomic mass is 9.93. The van der Waals surface area contributed by atoms with Crippen molar-refractivity contribution in [1.29, 1.82) is 0 Å². The lowest BCUT2D eigenvalue weighted by molar-refractivity contribution is 0.0607. The zero-order valence-electron chi connectivity index (χ0n) is 15.4. The number of rotatable bonds is 3. The average Bonchev–Trinajstić information content (AvgIpc) is 2.74. The zero-order chi connectivity index (χ0) is 19.5. The van der Waals surface area contributed by atoms with Gasteiger partial charge in [-0.15, -0.1) is 0 Å². The minimum atomic E-state index is -0.332. The molecule has 3 aromatic rings. The predicted molar refractivity (Wildman–Crippen MR) is 106 cm³/mol. The molecule has 5 nitrogen and oxygen atoms in total. The molecule has 1 aliphatic heterocycles. The number of piperidine rings is 1. The first-order valence-electron chi connectivity index (χ1n) is 9.38. The SMILES string of the molecule is Nc1ncc(-c2cccc(F)c2)c([C@H]2CCCCN2C(=O)c2ccccc2)n1. The van der Waals surface area contributed by atoms with Crippen LogP contribution in [0.15, 0.2) is 60.8 Å². The molecule has 1 saturated heterocycles. The molecule has 0 saturated carbocycles. The molecule has 1 atom stereocenters. The van der Waals surface area contributed by atoms with Gasteiger partial charge in [-0.3, -0.25) is 4.79 Å². The Hall–Kier alpha value is -3.28. The Morgan fingerprint density at radius 3 is 2.71 bits per heavy atom. The van der Waals surface area contributed by atoms with Gasteiger partial charge >= 0.3 is 0 Å². The van der Waals surface area contributed by atoms with Crippen molar-refractivity contribution >= 4 is 11.9 Å². The molecule has 0 spiro atoms. The Morgan fingerprint density at radius 1 is 1.11 bits per heavy atom. The second-order valence-electron chi connectivity index (χ2n) is 6.91. The number of nitrogens with zero attached hydrogens (tertiary/aromatic N) is 3. The maximum atomic E-state index is 13.8. The molecule has 0 radical (unpaired) electrons. The topological polar surface area (TPSA) is 72.1 Å². The fourth-order valence-corrected chi connectivity index (χ4v) is 3.75. The highest BCUT2D eigenvalue weighted by atomic mass is 19.1. The summed E-state index contributed by atoms with van der Waals surface area (Å²) < 4.78 is 13.8. The molecule has 4 rings (SSSR count). The van der Waals surface area contributed by atoms with E-state index in [4.69, 9.17) is 5.73 Å². The van der Waals surface area contributed by atoms with Gasteiger partial charge in [-0.05, 0) is 49.1 Å². The van der Waals surface area contributed by atoms with Gasteiger partial charge in [0.05, 0.1) is 11.7 Å². The zero-order valence-corrected chi connectivity index (χ0v) is 15.4. The Kier molecular flexibility index (Phi) is 5.02. The highest BCUT2D eigenvalue weighted by molar-refractivity contribution is 5.94. The standard InChI is InChI=1S/C22H21FN4O/c23-17-10-6-9-16(13-17)18-14-25-22(24)26-20(18)19-11-4-5-12-27(19)21(28)15-7-2-1-3-8-15/h1-3,6-10,13-14,19H,4-5,11-12H2,(H2,24,25,26)/t19-/m1/s1. The Labute approximate surface area is 163 Å². The van der Waals surface area contributed by atoms with Gasteiger partial charge in [0.15, 0.2) is 0 Å². The molecule has 2 heterocycles. The quantitative estimate of drug-likeness (QED) is 0.742. The molecular formula is C22H21FN4O. The Balaban J connectivity index is 1.78. The maximum Gasteiger partial charge on any atom is 0.254 e. The summed E-state index contributed by atoms with van der Waals surface area (Å²) in [7, 11) is 0. The summed E-state index contributed by atoms with van der Waals surface area (Å²) in [4.78, 5) is 23.6. The van der Waals surface area contributed by atoms with Crippen molar-refractivity contribution in [1.82, 2.24) is 14.9 Å². The van der Waals surface area contributed by atoms with Gasteiger partial charge in [-0.2, -0.15) is 0 Å². The third-order valence-electron chi connectivity index (χ3n) is 5.07. The fraction of sp³-hybridized carbons (Fsp3) is 0.227. The monoisotopic (exact) mass is 376 g/mol. The number of anilines is 1. The number of nitrogens with two attached hydrogens (primary N) is 1. The molecule has 0 unspecified atom stereocenters. The number of carbonyl (C=O) groups excluding carboxylic acids is 1. The van der Waals surface area contributed by atoms with Crippen LogP contribution >= 0.6 is 0 Å². The summed E-state index contributed by atoms with van der Waals surface area (Å²) in [5.41, 5.74) is 8.56. The van der Waals surface area contributed by atoms with E-state index in [0.29, 0.717) is 28.9 Å². The molecule has 0 bridgehead atoms. The van der Waals surface area contributed by atoms with Crippen LogP contribution in [0.2, 0.25) is 0 Å². The number of amides is 1. The lowest BCUT2D eigenvalue weighted by Crippen LogP contribution is -2.39. The molecule has 1 aromatic heterocycles. The van der Waals surface area contributed by atoms with Crippen molar-refractivity contribution < 1.29 is 9.18 Å². The number of hydrogen-bond donors (Lipinski definition) is 1. The van der Waals surface area contributed by atoms with Gasteiger partial charge in [-0.25, -0.2) is 14.4 Å². The number of likely N-dealkylation sites (tertiary alicyclic amines) is 1. The first kappa shape index (κ1) is 18.1. The molecule has 142 valence electrons. The third kappa shape index (κ3) is 3.58. The second kappa shape index (κ2) is 7.76. The molecule has 1 fully saturated rings. The minimum absolute atomic E-state index is 0.0346. The van der Waals surface area contributed by atoms with E-state index in [1.165, 1.54) is 12.1 Å². The number of nitrogen functional groups attached to an aromatic ring is 1. The van der Waals surface area contributed by atoms with Crippen molar-refractivity contribution in [3.05, 3.63) is 77.9 Å². The van der Waals surface area contributed by atoms with E-state index < -0.39 is 0 Å². The van der Waals surface area contributed by atoms with Crippen molar-refractivity contribution in [3.8, 4) is 11.1 Å². The van der Waals surface area contributed by atoms with E-state index in [9.17, 15) is 9.18 Å². The van der Waals surface area contributed by atoms with Gasteiger partial charge in [0.2, 0.25) is 5.95 Å². The molecule has 1 aliphatic rings. The van der Waals surface area contributed by atoms with E-state index in [-0.39, 0.29) is 23.7 Å². The van der Waals surface area contributed by atoms with E-state index >= 15 is 0 Å². The van der Waals surface area contributed by atoms with Crippen LogP contribution in [0, 0.1) is 5.82 Å². The Bertz CT molecular complexity index is 993. The smallest absolute Gasteiger partial charge is 0.254 e. The first-order valence-corrected chi connectivity index (χ1v) is 9.38. The van der Waals surface area contributed by atoms with Gasteiger partial charge in [0.25, 0.3) is 5.91 Å². The minimum Gasteiger partial charge on any atom is -0.368 e. The summed E-state index contributed by atoms with van der Waals surface area (Å²) in [6.45, 7) is 0.644. The summed E-state index contributed by atoms with van der Waals surface area (Å²) >= 11 is 0. The van der Waals surface area contributed by atoms with E-state index in [1.807, 2.05) is 41.3 Å². The fourth-order valence-electron chi connectivity index (χ4n) is 3.75. The summed E-state index contributed by atoms with van der Waals surface area (Å²) in [6, 6.07) is 15.3. The molecule has 0 aliphatic carbocycles. The summed E-state index contributed by atoms with van der Waals surface area (Å²) in [6.07, 6.45) is 4.31. The van der Waals surface area contributed by atoms with Gasteiger partial charge < -0.3 is 10.6 Å². The Morgan fingerprint density at radius 2 is 1.93 bits per heavy atom. The molecular weight excluding hydrogens is 355 g/mol. The highest BCUT2D eigenvalue weighted by Gasteiger charge is 2.31. The van der Waals surface area contributed by atoms with Crippen molar-refractivity contribution in [2.24, 2.45) is 0 Å². The third-order valence-corrected chi connectivity index (χ3v) is 5.07. The number of hydrogen-bond acceptors (Lipinski definition) is 4. The van der Waals surface area contributed by atoms with Crippen LogP contribution in [0.5, 0.6) is 0 Å². The van der Waals surface area contributed by atoms with Crippen molar-refractivity contribution in [2.75, 3.05) is 12.3 Å². The van der Waals surface area contributed by atoms with Crippen molar-refractivity contribution in [3.63, 3.8) is 0 Å². The molecule has 2 aromatic carbocycles. The molecule has 28 heavy (non-hydrogen) atoms. The van der Waals surface area contributed by atoms with Gasteiger partial charge in [0.1, 0.15) is 5.82 Å². The number of carbonyl (C=O) groups is 1. The number of halogens is 1. The second-order valence-corrected chi connectivity index (χ2v) is 6.91. The lowest BCUT2D eigenvalue weighted by Gasteiger charge is -2.36. The number of benzene rings is 2. The summed E-state index contributed by atoms with van der Waals surface area (Å²) in [5.74, 6) is -0.221. The van der Waals surface area contributed by atoms with E-state index in [2.05, 4.69) is 9.97 Å². The van der Waals surface area contributed by atoms with Crippen LogP contribution < -0.4 is 5.73 Å². The van der Waals surface area contributed by atoms with Gasteiger partial charge in [-0.1, -0.05) is 30.3 Å². The van der Waals surface area contributed by atoms with Crippen LogP contribution in [-0.2, 0) is 0 Å². The molecule has 2 N–H and O–H groups in total. The van der Waals surface area contributed by atoms with Gasteiger partial charge in [0, 0.05) is 23.9 Å². The summed E-state index contributed by atoms with van der Waals surface area (Å²) in [5, 5.41) is 0. The van der Waals surface area contributed by atoms with E-state index in [1.54, 1.807) is 12.3 Å². The largest absolute Gasteiger partial charge is 0.368 e. The van der Waals surface area contributed by atoms with E-state index in [0.717, 1.165) is 19.3 Å².